The Kier molecular flexibility index (Phi) is 2.60. The summed E-state index contributed by atoms with van der Waals surface area (Å²) in [5.74, 6) is 0.274. The van der Waals surface area contributed by atoms with Gasteiger partial charge in [0.05, 0.1) is 5.52 Å². The Labute approximate surface area is 88.3 Å². The number of nitrogens with two attached hydrogens (primary N) is 1. The summed E-state index contributed by atoms with van der Waals surface area (Å²) in [6.07, 6.45) is 0.786. The minimum Gasteiger partial charge on any atom is -0.508 e. The van der Waals surface area contributed by atoms with Gasteiger partial charge in [0.25, 0.3) is 0 Å². The molecule has 1 heterocycles. The van der Waals surface area contributed by atoms with Crippen molar-refractivity contribution in [2.24, 2.45) is 5.73 Å². The number of phenolic OH excluding ortho intramolecular Hbond substituents is 1. The molecule has 0 radical (unpaired) electrons. The standard InChI is InChI=1S/C11H15N3O/c1-2-14-11(5-6-12)9-7-8(15)3-4-10(9)13-14/h3-4,7,15H,2,5-6,12H2,1H3. The lowest BCUT2D eigenvalue weighted by atomic mass is 10.1. The van der Waals surface area contributed by atoms with Gasteiger partial charge in [-0.2, -0.15) is 5.10 Å². The third kappa shape index (κ3) is 1.68. The highest BCUT2D eigenvalue weighted by Crippen LogP contribution is 2.23. The first kappa shape index (κ1) is 9.98. The molecule has 80 valence electrons. The summed E-state index contributed by atoms with van der Waals surface area (Å²) in [7, 11) is 0. The molecule has 2 aromatic rings. The molecule has 0 saturated carbocycles. The fourth-order valence-corrected chi connectivity index (χ4v) is 1.83. The quantitative estimate of drug-likeness (QED) is 0.793. The average molecular weight is 205 g/mol. The Hall–Kier alpha value is -1.55. The number of aryl methyl sites for hydroxylation is 1. The fraction of sp³-hybridized carbons (Fsp3) is 0.364. The first-order valence-electron chi connectivity index (χ1n) is 5.14. The molecule has 0 amide bonds. The van der Waals surface area contributed by atoms with E-state index < -0.39 is 0 Å². The second-order valence-electron chi connectivity index (χ2n) is 3.50. The number of nitrogens with zero attached hydrogens (tertiary/aromatic N) is 2. The fourth-order valence-electron chi connectivity index (χ4n) is 1.83. The van der Waals surface area contributed by atoms with E-state index in [4.69, 9.17) is 5.73 Å². The summed E-state index contributed by atoms with van der Waals surface area (Å²) >= 11 is 0. The molecule has 15 heavy (non-hydrogen) atoms. The SMILES string of the molecule is CCn1nc2ccc(O)cc2c1CCN. The van der Waals surface area contributed by atoms with Crippen molar-refractivity contribution in [1.82, 2.24) is 9.78 Å². The van der Waals surface area contributed by atoms with Gasteiger partial charge in [-0.1, -0.05) is 0 Å². The zero-order valence-corrected chi connectivity index (χ0v) is 8.77. The van der Waals surface area contributed by atoms with Crippen LogP contribution in [0.15, 0.2) is 18.2 Å². The van der Waals surface area contributed by atoms with E-state index >= 15 is 0 Å². The number of aromatic hydroxyl groups is 1. The van der Waals surface area contributed by atoms with Crippen molar-refractivity contribution in [3.05, 3.63) is 23.9 Å². The largest absolute Gasteiger partial charge is 0.508 e. The molecule has 0 atom stereocenters. The summed E-state index contributed by atoms with van der Waals surface area (Å²) < 4.78 is 1.94. The van der Waals surface area contributed by atoms with E-state index in [-0.39, 0.29) is 5.75 Å². The number of fused-ring (bicyclic) bond motifs is 1. The molecule has 0 aliphatic heterocycles. The van der Waals surface area contributed by atoms with Crippen LogP contribution < -0.4 is 5.73 Å². The van der Waals surface area contributed by atoms with E-state index in [2.05, 4.69) is 5.10 Å². The maximum Gasteiger partial charge on any atom is 0.116 e. The molecule has 1 aromatic heterocycles. The van der Waals surface area contributed by atoms with Crippen LogP contribution in [-0.4, -0.2) is 21.4 Å². The molecule has 0 aliphatic carbocycles. The minimum absolute atomic E-state index is 0.274. The second kappa shape index (κ2) is 3.90. The molecular weight excluding hydrogens is 190 g/mol. The predicted molar refractivity (Wildman–Crippen MR) is 59.8 cm³/mol. The third-order valence-corrected chi connectivity index (χ3v) is 2.51. The van der Waals surface area contributed by atoms with Crippen LogP contribution in [0.5, 0.6) is 5.75 Å². The van der Waals surface area contributed by atoms with Crippen LogP contribution >= 0.6 is 0 Å². The van der Waals surface area contributed by atoms with E-state index in [1.807, 2.05) is 17.7 Å². The first-order chi connectivity index (χ1) is 7.26. The van der Waals surface area contributed by atoms with E-state index in [1.54, 1.807) is 12.1 Å². The van der Waals surface area contributed by atoms with Gasteiger partial charge in [-0.25, -0.2) is 0 Å². The van der Waals surface area contributed by atoms with E-state index in [9.17, 15) is 5.11 Å². The van der Waals surface area contributed by atoms with Gasteiger partial charge in [-0.05, 0) is 31.7 Å². The molecule has 1 aromatic carbocycles. The van der Waals surface area contributed by atoms with Crippen LogP contribution in [0.1, 0.15) is 12.6 Å². The molecule has 2 rings (SSSR count). The first-order valence-corrected chi connectivity index (χ1v) is 5.14. The van der Waals surface area contributed by atoms with Gasteiger partial charge in [0.1, 0.15) is 5.75 Å². The van der Waals surface area contributed by atoms with Crippen LogP contribution in [0.3, 0.4) is 0 Å². The van der Waals surface area contributed by atoms with Crippen molar-refractivity contribution in [2.75, 3.05) is 6.54 Å². The van der Waals surface area contributed by atoms with E-state index in [1.165, 1.54) is 0 Å². The number of hydrogen-bond donors (Lipinski definition) is 2. The Morgan fingerprint density at radius 3 is 2.93 bits per heavy atom. The summed E-state index contributed by atoms with van der Waals surface area (Å²) in [6, 6.07) is 5.23. The Morgan fingerprint density at radius 2 is 2.27 bits per heavy atom. The average Bonchev–Trinajstić information content (AvgIpc) is 2.57. The van der Waals surface area contributed by atoms with Crippen LogP contribution in [0, 0.1) is 0 Å². The molecule has 0 aliphatic rings. The van der Waals surface area contributed by atoms with Crippen molar-refractivity contribution in [3.8, 4) is 5.75 Å². The summed E-state index contributed by atoms with van der Waals surface area (Å²) in [5.41, 5.74) is 7.59. The molecule has 0 bridgehead atoms. The number of aromatic nitrogens is 2. The Morgan fingerprint density at radius 1 is 1.47 bits per heavy atom. The van der Waals surface area contributed by atoms with Crippen molar-refractivity contribution in [3.63, 3.8) is 0 Å². The Balaban J connectivity index is 2.65. The van der Waals surface area contributed by atoms with Crippen molar-refractivity contribution >= 4 is 10.9 Å². The molecule has 0 fully saturated rings. The number of phenols is 1. The third-order valence-electron chi connectivity index (χ3n) is 2.51. The highest BCUT2D eigenvalue weighted by molar-refractivity contribution is 5.83. The lowest BCUT2D eigenvalue weighted by Gasteiger charge is -2.02. The summed E-state index contributed by atoms with van der Waals surface area (Å²) in [5, 5.41) is 14.9. The monoisotopic (exact) mass is 205 g/mol. The van der Waals surface area contributed by atoms with Crippen molar-refractivity contribution < 1.29 is 5.11 Å². The Bertz CT molecular complexity index is 476. The predicted octanol–water partition coefficient (Wildman–Crippen LogP) is 1.26. The van der Waals surface area contributed by atoms with Crippen LogP contribution in [-0.2, 0) is 13.0 Å². The van der Waals surface area contributed by atoms with Crippen LogP contribution in [0.25, 0.3) is 10.9 Å². The lowest BCUT2D eigenvalue weighted by molar-refractivity contribution is 0.476. The van der Waals surface area contributed by atoms with Crippen LogP contribution in [0.4, 0.5) is 0 Å². The molecule has 0 saturated heterocycles. The number of hydrogen-bond acceptors (Lipinski definition) is 3. The highest BCUT2D eigenvalue weighted by atomic mass is 16.3. The molecule has 4 heteroatoms. The number of rotatable bonds is 3. The smallest absolute Gasteiger partial charge is 0.116 e. The van der Waals surface area contributed by atoms with Gasteiger partial charge in [-0.15, -0.1) is 0 Å². The van der Waals surface area contributed by atoms with Gasteiger partial charge < -0.3 is 10.8 Å². The topological polar surface area (TPSA) is 64.1 Å². The van der Waals surface area contributed by atoms with Gasteiger partial charge in [0.15, 0.2) is 0 Å². The zero-order chi connectivity index (χ0) is 10.8. The van der Waals surface area contributed by atoms with Crippen molar-refractivity contribution in [2.45, 2.75) is 19.9 Å². The summed E-state index contributed by atoms with van der Waals surface area (Å²) in [4.78, 5) is 0. The molecule has 0 spiro atoms. The van der Waals surface area contributed by atoms with Crippen LogP contribution in [0.2, 0.25) is 0 Å². The molecule has 3 N–H and O–H groups in total. The minimum atomic E-state index is 0.274. The normalized spacial score (nSPS) is 11.1. The maximum absolute atomic E-state index is 9.44. The number of benzene rings is 1. The maximum atomic E-state index is 9.44. The van der Waals surface area contributed by atoms with Crippen molar-refractivity contribution in [1.29, 1.82) is 0 Å². The van der Waals surface area contributed by atoms with Gasteiger partial charge in [0.2, 0.25) is 0 Å². The molecule has 0 unspecified atom stereocenters. The lowest BCUT2D eigenvalue weighted by Crippen LogP contribution is -2.09. The molecular formula is C11H15N3O. The van der Waals surface area contributed by atoms with Gasteiger partial charge in [0, 0.05) is 24.0 Å². The highest BCUT2D eigenvalue weighted by Gasteiger charge is 2.09. The summed E-state index contributed by atoms with van der Waals surface area (Å²) in [6.45, 7) is 3.47. The second-order valence-corrected chi connectivity index (χ2v) is 3.50. The van der Waals surface area contributed by atoms with Gasteiger partial charge in [-0.3, -0.25) is 4.68 Å². The van der Waals surface area contributed by atoms with E-state index in [0.29, 0.717) is 6.54 Å². The zero-order valence-electron chi connectivity index (χ0n) is 8.77. The van der Waals surface area contributed by atoms with E-state index in [0.717, 1.165) is 29.6 Å². The van der Waals surface area contributed by atoms with Gasteiger partial charge >= 0.3 is 0 Å². The molecule has 4 nitrogen and oxygen atoms in total.